The van der Waals surface area contributed by atoms with E-state index in [0.29, 0.717) is 0 Å². The van der Waals surface area contributed by atoms with Crippen molar-refractivity contribution >= 4 is 17.3 Å². The molecule has 1 heterocycles. The Labute approximate surface area is 106 Å². The Morgan fingerprint density at radius 3 is 2.78 bits per heavy atom. The first-order chi connectivity index (χ1) is 8.56. The van der Waals surface area contributed by atoms with Gasteiger partial charge in [0.2, 0.25) is 0 Å². The van der Waals surface area contributed by atoms with Crippen LogP contribution in [0.4, 0.5) is 10.1 Å². The Kier molecular flexibility index (Phi) is 3.38. The molecule has 92 valence electrons. The van der Waals surface area contributed by atoms with Gasteiger partial charge in [0.1, 0.15) is 16.7 Å². The quantitative estimate of drug-likeness (QED) is 0.485. The van der Waals surface area contributed by atoms with Crippen molar-refractivity contribution in [2.24, 2.45) is 0 Å². The molecule has 2 rings (SSSR count). The Morgan fingerprint density at radius 2 is 2.11 bits per heavy atom. The minimum absolute atomic E-state index is 0.0482. The summed E-state index contributed by atoms with van der Waals surface area (Å²) < 4.78 is 18.1. The Balaban J connectivity index is 2.39. The molecule has 0 saturated heterocycles. The fraction of sp³-hybridized carbons (Fsp3) is 0. The van der Waals surface area contributed by atoms with Crippen LogP contribution in [0.15, 0.2) is 36.4 Å². The number of nitrogens with zero attached hydrogens (tertiary/aromatic N) is 2. The van der Waals surface area contributed by atoms with E-state index in [1.54, 1.807) is 0 Å². The third-order valence-corrected chi connectivity index (χ3v) is 2.22. The first-order valence-electron chi connectivity index (χ1n) is 4.80. The lowest BCUT2D eigenvalue weighted by atomic mass is 10.3. The Hall–Kier alpha value is -2.21. The molecule has 7 heteroatoms. The number of hydrogen-bond acceptors (Lipinski definition) is 4. The van der Waals surface area contributed by atoms with E-state index in [1.807, 2.05) is 0 Å². The summed E-state index contributed by atoms with van der Waals surface area (Å²) in [6, 6.07) is 7.64. The predicted molar refractivity (Wildman–Crippen MR) is 62.4 cm³/mol. The van der Waals surface area contributed by atoms with Crippen LogP contribution in [0.1, 0.15) is 0 Å². The van der Waals surface area contributed by atoms with Crippen LogP contribution in [0.2, 0.25) is 5.15 Å². The first-order valence-corrected chi connectivity index (χ1v) is 5.18. The van der Waals surface area contributed by atoms with Gasteiger partial charge in [-0.15, -0.1) is 0 Å². The van der Waals surface area contributed by atoms with Crippen LogP contribution in [0, 0.1) is 15.9 Å². The molecule has 0 radical (unpaired) electrons. The monoisotopic (exact) mass is 268 g/mol. The molecule has 0 atom stereocenters. The van der Waals surface area contributed by atoms with Gasteiger partial charge in [-0.25, -0.2) is 4.39 Å². The molecule has 0 unspecified atom stereocenters. The van der Waals surface area contributed by atoms with Crippen LogP contribution in [0.3, 0.4) is 0 Å². The summed E-state index contributed by atoms with van der Waals surface area (Å²) in [5.74, 6) is -0.692. The zero-order valence-corrected chi connectivity index (χ0v) is 9.60. The second kappa shape index (κ2) is 4.97. The number of aromatic nitrogens is 1. The number of halogens is 2. The number of nitro groups is 1. The average molecular weight is 269 g/mol. The molecule has 18 heavy (non-hydrogen) atoms. The molecular formula is C11H6ClFN2O3. The third kappa shape index (κ3) is 2.72. The van der Waals surface area contributed by atoms with Crippen LogP contribution in [-0.2, 0) is 0 Å². The van der Waals surface area contributed by atoms with Gasteiger partial charge in [0.05, 0.1) is 4.92 Å². The van der Waals surface area contributed by atoms with Crippen LogP contribution in [-0.4, -0.2) is 9.91 Å². The number of ether oxygens (including phenoxy) is 1. The lowest BCUT2D eigenvalue weighted by Crippen LogP contribution is -1.96. The van der Waals surface area contributed by atoms with Crippen molar-refractivity contribution in [3.8, 4) is 11.6 Å². The van der Waals surface area contributed by atoms with E-state index >= 15 is 0 Å². The van der Waals surface area contributed by atoms with Gasteiger partial charge in [0, 0.05) is 12.1 Å². The van der Waals surface area contributed by atoms with Crippen molar-refractivity contribution in [1.29, 1.82) is 0 Å². The number of benzene rings is 1. The molecule has 1 aromatic heterocycles. The number of pyridine rings is 1. The average Bonchev–Trinajstić information content (AvgIpc) is 2.28. The van der Waals surface area contributed by atoms with Crippen molar-refractivity contribution in [2.75, 3.05) is 0 Å². The molecular weight excluding hydrogens is 263 g/mol. The van der Waals surface area contributed by atoms with Gasteiger partial charge in [0.25, 0.3) is 0 Å². The fourth-order valence-corrected chi connectivity index (χ4v) is 1.41. The van der Waals surface area contributed by atoms with Crippen molar-refractivity contribution in [3.63, 3.8) is 0 Å². The number of rotatable bonds is 3. The van der Waals surface area contributed by atoms with Gasteiger partial charge < -0.3 is 4.74 Å². The van der Waals surface area contributed by atoms with Gasteiger partial charge in [0.15, 0.2) is 0 Å². The molecule has 0 N–H and O–H groups in total. The molecule has 0 aliphatic heterocycles. The summed E-state index contributed by atoms with van der Waals surface area (Å²) >= 11 is 5.63. The normalized spacial score (nSPS) is 10.1. The van der Waals surface area contributed by atoms with E-state index in [-0.39, 0.29) is 22.5 Å². The molecule has 5 nitrogen and oxygen atoms in total. The standard InChI is InChI=1S/C11H6ClFN2O3/c12-10-5-4-9(15(16)17)11(14-10)18-8-3-1-2-7(13)6-8/h1-6H. The summed E-state index contributed by atoms with van der Waals surface area (Å²) in [7, 11) is 0. The highest BCUT2D eigenvalue weighted by Gasteiger charge is 2.18. The van der Waals surface area contributed by atoms with Crippen molar-refractivity contribution in [2.45, 2.75) is 0 Å². The minimum Gasteiger partial charge on any atom is -0.434 e. The fourth-order valence-electron chi connectivity index (χ4n) is 1.27. The van der Waals surface area contributed by atoms with Crippen LogP contribution in [0.5, 0.6) is 11.6 Å². The van der Waals surface area contributed by atoms with E-state index in [2.05, 4.69) is 4.98 Å². The molecule has 0 bridgehead atoms. The second-order valence-electron chi connectivity index (χ2n) is 3.27. The maximum absolute atomic E-state index is 12.9. The topological polar surface area (TPSA) is 65.3 Å². The summed E-state index contributed by atoms with van der Waals surface area (Å²) in [5.41, 5.74) is -0.344. The predicted octanol–water partition coefficient (Wildman–Crippen LogP) is 3.57. The summed E-state index contributed by atoms with van der Waals surface area (Å²) in [6.45, 7) is 0. The van der Waals surface area contributed by atoms with Crippen molar-refractivity contribution in [1.82, 2.24) is 4.98 Å². The first kappa shape index (κ1) is 12.3. The molecule has 0 amide bonds. The van der Waals surface area contributed by atoms with Gasteiger partial charge in [-0.2, -0.15) is 4.98 Å². The second-order valence-corrected chi connectivity index (χ2v) is 3.66. The van der Waals surface area contributed by atoms with E-state index in [4.69, 9.17) is 16.3 Å². The van der Waals surface area contributed by atoms with Gasteiger partial charge in [-0.1, -0.05) is 17.7 Å². The zero-order chi connectivity index (χ0) is 13.1. The molecule has 0 fully saturated rings. The highest BCUT2D eigenvalue weighted by atomic mass is 35.5. The number of hydrogen-bond donors (Lipinski definition) is 0. The Bertz CT molecular complexity index is 607. The Morgan fingerprint density at radius 1 is 1.33 bits per heavy atom. The maximum atomic E-state index is 12.9. The largest absolute Gasteiger partial charge is 0.434 e. The third-order valence-electron chi connectivity index (χ3n) is 2.01. The molecule has 0 spiro atoms. The SMILES string of the molecule is O=[N+]([O-])c1ccc(Cl)nc1Oc1cccc(F)c1. The van der Waals surface area contributed by atoms with E-state index in [1.165, 1.54) is 30.3 Å². The summed E-state index contributed by atoms with van der Waals surface area (Å²) in [4.78, 5) is 13.8. The summed E-state index contributed by atoms with van der Waals surface area (Å²) in [5, 5.41) is 10.8. The van der Waals surface area contributed by atoms with Gasteiger partial charge in [-0.05, 0) is 18.2 Å². The molecule has 0 aliphatic carbocycles. The van der Waals surface area contributed by atoms with Gasteiger partial charge in [-0.3, -0.25) is 10.1 Å². The molecule has 0 aliphatic rings. The van der Waals surface area contributed by atoms with E-state index < -0.39 is 10.7 Å². The molecule has 0 saturated carbocycles. The minimum atomic E-state index is -0.655. The van der Waals surface area contributed by atoms with Crippen molar-refractivity contribution in [3.05, 3.63) is 57.5 Å². The highest BCUT2D eigenvalue weighted by Crippen LogP contribution is 2.30. The lowest BCUT2D eigenvalue weighted by Gasteiger charge is -2.05. The molecule has 1 aromatic carbocycles. The smallest absolute Gasteiger partial charge is 0.331 e. The highest BCUT2D eigenvalue weighted by molar-refractivity contribution is 6.29. The van der Waals surface area contributed by atoms with Crippen LogP contribution < -0.4 is 4.74 Å². The van der Waals surface area contributed by atoms with Crippen molar-refractivity contribution < 1.29 is 14.1 Å². The zero-order valence-electron chi connectivity index (χ0n) is 8.84. The lowest BCUT2D eigenvalue weighted by molar-refractivity contribution is -0.386. The molecule has 2 aromatic rings. The summed E-state index contributed by atoms with van der Waals surface area (Å²) in [6.07, 6.45) is 0. The van der Waals surface area contributed by atoms with Crippen LogP contribution >= 0.6 is 11.6 Å². The van der Waals surface area contributed by atoms with E-state index in [0.717, 1.165) is 6.07 Å². The van der Waals surface area contributed by atoms with E-state index in [9.17, 15) is 14.5 Å². The van der Waals surface area contributed by atoms with Crippen LogP contribution in [0.25, 0.3) is 0 Å². The van der Waals surface area contributed by atoms with Gasteiger partial charge >= 0.3 is 11.6 Å². The maximum Gasteiger partial charge on any atom is 0.331 e.